The molecule has 5 nitrogen and oxygen atoms in total. The van der Waals surface area contributed by atoms with Gasteiger partial charge >= 0.3 is 5.97 Å². The lowest BCUT2D eigenvalue weighted by Crippen LogP contribution is -2.34. The summed E-state index contributed by atoms with van der Waals surface area (Å²) in [5, 5.41) is 0.872. The Kier molecular flexibility index (Phi) is 2.02. The number of methoxy groups -OCH3 is 2. The molecule has 0 saturated heterocycles. The summed E-state index contributed by atoms with van der Waals surface area (Å²) in [6.45, 7) is 1.89. The molecular weight excluding hydrogens is 242 g/mol. The molecule has 1 aromatic heterocycles. The molecule has 3 rings (SSSR count). The van der Waals surface area contributed by atoms with Gasteiger partial charge in [0.25, 0.3) is 0 Å². The number of rotatable bonds is 2. The van der Waals surface area contributed by atoms with Gasteiger partial charge in [-0.25, -0.2) is 9.78 Å². The molecule has 2 aliphatic rings. The number of ether oxygens (including phenoxy) is 3. The number of carbonyl (C=O) groups excluding carboxylic acids is 1. The highest BCUT2D eigenvalue weighted by Gasteiger charge is 2.63. The number of aromatic nitrogens is 1. The van der Waals surface area contributed by atoms with Crippen molar-refractivity contribution in [3.05, 3.63) is 27.7 Å². The lowest BCUT2D eigenvalue weighted by Gasteiger charge is -2.22. The lowest BCUT2D eigenvalue weighted by atomic mass is 9.96. The predicted molar refractivity (Wildman–Crippen MR) is 59.5 cm³/mol. The van der Waals surface area contributed by atoms with E-state index in [-0.39, 0.29) is 0 Å². The number of hydrogen-bond acceptors (Lipinski definition) is 6. The summed E-state index contributed by atoms with van der Waals surface area (Å²) in [6, 6.07) is 0. The Bertz CT molecular complexity index is 538. The molecule has 6 heteroatoms. The summed E-state index contributed by atoms with van der Waals surface area (Å²) < 4.78 is 16.0. The van der Waals surface area contributed by atoms with Gasteiger partial charge in [-0.1, -0.05) is 0 Å². The molecule has 3 heterocycles. The maximum Gasteiger partial charge on any atom is 0.348 e. The third-order valence-electron chi connectivity index (χ3n) is 3.04. The van der Waals surface area contributed by atoms with Gasteiger partial charge in [-0.15, -0.1) is 11.3 Å². The summed E-state index contributed by atoms with van der Waals surface area (Å²) >= 11 is 1.43. The molecule has 90 valence electrons. The van der Waals surface area contributed by atoms with Crippen LogP contribution in [0, 0.1) is 6.92 Å². The maximum atomic E-state index is 11.9. The van der Waals surface area contributed by atoms with Crippen molar-refractivity contribution in [2.24, 2.45) is 0 Å². The van der Waals surface area contributed by atoms with Crippen LogP contribution in [-0.4, -0.2) is 25.2 Å². The summed E-state index contributed by atoms with van der Waals surface area (Å²) in [5.74, 6) is -1.48. The van der Waals surface area contributed by atoms with E-state index in [0.717, 1.165) is 9.88 Å². The van der Waals surface area contributed by atoms with E-state index in [9.17, 15) is 4.79 Å². The van der Waals surface area contributed by atoms with E-state index in [1.165, 1.54) is 25.6 Å². The first kappa shape index (κ1) is 10.9. The Morgan fingerprint density at radius 1 is 1.47 bits per heavy atom. The van der Waals surface area contributed by atoms with Crippen LogP contribution < -0.4 is 0 Å². The van der Waals surface area contributed by atoms with Crippen molar-refractivity contribution >= 4 is 17.3 Å². The normalized spacial score (nSPS) is 32.9. The molecule has 17 heavy (non-hydrogen) atoms. The lowest BCUT2D eigenvalue weighted by molar-refractivity contribution is -0.225. The summed E-state index contributed by atoms with van der Waals surface area (Å²) in [7, 11) is 2.87. The number of nitrogens with zero attached hydrogens (tertiary/aromatic N) is 1. The molecule has 2 bridgehead atoms. The average Bonchev–Trinajstić information content (AvgIpc) is 2.96. The third kappa shape index (κ3) is 1.10. The van der Waals surface area contributed by atoms with Gasteiger partial charge in [0, 0.05) is 7.11 Å². The van der Waals surface area contributed by atoms with E-state index in [4.69, 9.17) is 14.2 Å². The number of fused-ring (bicyclic) bond motifs is 5. The van der Waals surface area contributed by atoms with Crippen LogP contribution in [0.1, 0.15) is 15.6 Å². The molecule has 0 N–H and O–H groups in total. The largest absolute Gasteiger partial charge is 0.466 e. The Hall–Kier alpha value is -1.24. The zero-order valence-electron chi connectivity index (χ0n) is 9.64. The van der Waals surface area contributed by atoms with Gasteiger partial charge in [-0.05, 0) is 19.1 Å². The van der Waals surface area contributed by atoms with Gasteiger partial charge < -0.3 is 14.2 Å². The Labute approximate surface area is 102 Å². The first-order chi connectivity index (χ1) is 8.08. The molecule has 0 aliphatic carbocycles. The maximum absolute atomic E-state index is 11.9. The van der Waals surface area contributed by atoms with Crippen molar-refractivity contribution < 1.29 is 19.0 Å². The number of esters is 1. The van der Waals surface area contributed by atoms with Gasteiger partial charge in [0.2, 0.25) is 11.4 Å². The zero-order valence-corrected chi connectivity index (χ0v) is 10.5. The van der Waals surface area contributed by atoms with E-state index in [1.54, 1.807) is 12.2 Å². The van der Waals surface area contributed by atoms with Gasteiger partial charge in [0.15, 0.2) is 0 Å². The second-order valence-electron chi connectivity index (χ2n) is 3.94. The highest BCUT2D eigenvalue weighted by molar-refractivity contribution is 7.12. The molecule has 0 saturated carbocycles. The van der Waals surface area contributed by atoms with Crippen molar-refractivity contribution in [2.75, 3.05) is 14.2 Å². The van der Waals surface area contributed by atoms with E-state index in [2.05, 4.69) is 4.98 Å². The monoisotopic (exact) mass is 253 g/mol. The highest BCUT2D eigenvalue weighted by Crippen LogP contribution is 2.56. The second kappa shape index (κ2) is 3.16. The average molecular weight is 253 g/mol. The molecular formula is C11H11NO4S. The van der Waals surface area contributed by atoms with Crippen LogP contribution in [0.4, 0.5) is 0 Å². The third-order valence-corrected chi connectivity index (χ3v) is 4.13. The van der Waals surface area contributed by atoms with Crippen LogP contribution in [-0.2, 0) is 30.4 Å². The highest BCUT2D eigenvalue weighted by atomic mass is 32.1. The first-order valence-electron chi connectivity index (χ1n) is 5.10. The van der Waals surface area contributed by atoms with Crippen LogP contribution in [0.2, 0.25) is 0 Å². The fraction of sp³-hybridized carbons (Fsp3) is 0.455. The van der Waals surface area contributed by atoms with Crippen molar-refractivity contribution in [1.29, 1.82) is 0 Å². The zero-order chi connectivity index (χ0) is 12.3. The van der Waals surface area contributed by atoms with Crippen LogP contribution in [0.15, 0.2) is 12.2 Å². The van der Waals surface area contributed by atoms with Crippen LogP contribution in [0.5, 0.6) is 0 Å². The molecule has 2 unspecified atom stereocenters. The number of thiazole rings is 1. The van der Waals surface area contributed by atoms with Gasteiger partial charge in [-0.3, -0.25) is 0 Å². The van der Waals surface area contributed by atoms with Crippen molar-refractivity contribution in [1.82, 2.24) is 4.98 Å². The molecule has 1 aromatic rings. The molecule has 0 amide bonds. The van der Waals surface area contributed by atoms with Crippen LogP contribution in [0.3, 0.4) is 0 Å². The topological polar surface area (TPSA) is 57.7 Å². The number of hydrogen-bond donors (Lipinski definition) is 0. The minimum Gasteiger partial charge on any atom is -0.466 e. The predicted octanol–water partition coefficient (Wildman–Crippen LogP) is 1.22. The molecule has 0 spiro atoms. The van der Waals surface area contributed by atoms with Crippen molar-refractivity contribution in [2.45, 2.75) is 18.3 Å². The minimum absolute atomic E-state index is 0.449. The smallest absolute Gasteiger partial charge is 0.348 e. The van der Waals surface area contributed by atoms with E-state index in [0.29, 0.717) is 5.69 Å². The van der Waals surface area contributed by atoms with Crippen LogP contribution in [0.25, 0.3) is 0 Å². The van der Waals surface area contributed by atoms with E-state index >= 15 is 0 Å². The van der Waals surface area contributed by atoms with Crippen LogP contribution >= 0.6 is 11.3 Å². The number of carbonyl (C=O) groups is 1. The molecule has 0 fully saturated rings. The fourth-order valence-corrected chi connectivity index (χ4v) is 3.32. The summed E-state index contributed by atoms with van der Waals surface area (Å²) in [6.07, 6.45) is 3.40. The molecule has 2 aliphatic heterocycles. The van der Waals surface area contributed by atoms with Gasteiger partial charge in [0.05, 0.1) is 17.0 Å². The minimum atomic E-state index is -1.17. The fourth-order valence-electron chi connectivity index (χ4n) is 2.26. The van der Waals surface area contributed by atoms with E-state index < -0.39 is 17.4 Å². The Balaban J connectivity index is 2.23. The summed E-state index contributed by atoms with van der Waals surface area (Å²) in [5.41, 5.74) is -0.512. The first-order valence-corrected chi connectivity index (χ1v) is 5.92. The molecule has 0 radical (unpaired) electrons. The Morgan fingerprint density at radius 3 is 2.88 bits per heavy atom. The molecule has 2 atom stereocenters. The van der Waals surface area contributed by atoms with Gasteiger partial charge in [-0.2, -0.15) is 0 Å². The van der Waals surface area contributed by atoms with Crippen molar-refractivity contribution in [3.63, 3.8) is 0 Å². The SMILES string of the molecule is COC(=O)C12C=CC(OC)(O1)c1nc(C)sc12. The number of aryl methyl sites for hydroxylation is 1. The molecule has 0 aromatic carbocycles. The quantitative estimate of drug-likeness (QED) is 0.586. The summed E-state index contributed by atoms with van der Waals surface area (Å²) in [4.78, 5) is 17.1. The van der Waals surface area contributed by atoms with E-state index in [1.807, 2.05) is 6.92 Å². The van der Waals surface area contributed by atoms with Gasteiger partial charge in [0.1, 0.15) is 5.69 Å². The van der Waals surface area contributed by atoms with Crippen molar-refractivity contribution in [3.8, 4) is 0 Å². The Morgan fingerprint density at radius 2 is 2.24 bits per heavy atom. The second-order valence-corrected chi connectivity index (χ2v) is 5.15. The standard InChI is InChI=1S/C11H11NO4S/c1-6-12-7-8(17-6)10(9(13)14-2)4-5-11(7,15-3)16-10/h4-5H,1-3H3.